The average Bonchev–Trinajstić information content (AvgIpc) is 3.20. The van der Waals surface area contributed by atoms with Crippen LogP contribution in [0.1, 0.15) is 87.8 Å². The Morgan fingerprint density at radius 2 is 1.20 bits per heavy atom. The second kappa shape index (κ2) is 18.3. The Hall–Kier alpha value is -2.34. The third-order valence-electron chi connectivity index (χ3n) is 11.4. The van der Waals surface area contributed by atoms with Crippen molar-refractivity contribution in [2.45, 2.75) is 130 Å². The summed E-state index contributed by atoms with van der Waals surface area (Å²) in [6.45, 7) is 35.6. The molecule has 3 aliphatic heterocycles. The number of aromatic nitrogens is 4. The van der Waals surface area contributed by atoms with Crippen LogP contribution in [0, 0.1) is 0 Å². The Balaban J connectivity index is 0.000000226. The zero-order valence-corrected chi connectivity index (χ0v) is 38.9. The lowest BCUT2D eigenvalue weighted by atomic mass is 9.90. The van der Waals surface area contributed by atoms with Gasteiger partial charge in [0.25, 0.3) is 11.1 Å². The summed E-state index contributed by atoms with van der Waals surface area (Å²) in [6, 6.07) is 0. The number of hydrogen-bond acceptors (Lipinski definition) is 10. The van der Waals surface area contributed by atoms with Gasteiger partial charge in [0.1, 0.15) is 4.60 Å². The number of hydrogen-bond donors (Lipinski definition) is 2. The smallest absolute Gasteiger partial charge is 0.413 e. The first-order chi connectivity index (χ1) is 24.8. The maximum Gasteiger partial charge on any atom is 0.486 e. The van der Waals surface area contributed by atoms with Crippen LogP contribution < -0.4 is 20.9 Å². The van der Waals surface area contributed by atoms with E-state index in [0.29, 0.717) is 29.5 Å². The van der Waals surface area contributed by atoms with Gasteiger partial charge >= 0.3 is 7.12 Å². The molecule has 2 aromatic heterocycles. The van der Waals surface area contributed by atoms with Crippen LogP contribution in [-0.2, 0) is 18.2 Å². The third-order valence-corrected chi connectivity index (χ3v) is 20.8. The molecule has 5 heterocycles. The number of rotatable bonds is 10. The highest BCUT2D eigenvalue weighted by Gasteiger charge is 2.50. The van der Waals surface area contributed by atoms with Crippen LogP contribution in [0.5, 0.6) is 0 Å². The van der Waals surface area contributed by atoms with Gasteiger partial charge in [0.15, 0.2) is 28.3 Å². The van der Waals surface area contributed by atoms with Crippen molar-refractivity contribution >= 4 is 57.4 Å². The molecule has 16 heteroatoms. The van der Waals surface area contributed by atoms with E-state index in [1.54, 1.807) is 12.4 Å². The van der Waals surface area contributed by atoms with Crippen molar-refractivity contribution in [1.82, 2.24) is 19.9 Å². The number of H-pyrrole nitrogens is 2. The molecule has 0 aliphatic carbocycles. The summed E-state index contributed by atoms with van der Waals surface area (Å²) in [4.78, 5) is 40.9. The van der Waals surface area contributed by atoms with Gasteiger partial charge in [-0.1, -0.05) is 59.7 Å². The highest BCUT2D eigenvalue weighted by Crippen LogP contribution is 2.38. The Morgan fingerprint density at radius 1 is 0.778 bits per heavy atom. The minimum atomic E-state index is -1.72. The van der Waals surface area contributed by atoms with E-state index in [-0.39, 0.29) is 39.5 Å². The molecule has 3 fully saturated rings. The van der Waals surface area contributed by atoms with Gasteiger partial charge in [0.05, 0.1) is 30.1 Å². The Bertz CT molecular complexity index is 1690. The van der Waals surface area contributed by atoms with Crippen molar-refractivity contribution in [2.24, 2.45) is 0 Å². The second-order valence-corrected chi connectivity index (χ2v) is 28.6. The van der Waals surface area contributed by atoms with E-state index in [4.69, 9.17) is 18.2 Å². The number of anilines is 2. The lowest BCUT2D eigenvalue weighted by Crippen LogP contribution is -2.41. The Labute approximate surface area is 334 Å². The standard InChI is InChI=1S/C16H27N3O2Si.C15H31BO3Si.C7H8BrN3O/c1-16(2,3)22(4,5)21-11-6-8-13-12-17-15(20)14(18-13)19-9-7-10-19;1-13(2,3)20(8,9)17-12-10-11-16-18-14(4,5)15(6,7)19-16;8-5-4-9-7(12)6(10-5)11-2-1-3-11/h6,8,12H,7,9-11H2,1-5H3,(H,17,20);10-11H,12H2,1-9H3;4H,1-3H2,(H,9,12)/b8-6+;11-10+;. The Morgan fingerprint density at radius 3 is 1.63 bits per heavy atom. The van der Waals surface area contributed by atoms with Gasteiger partial charge in [-0.05, 0) is 98.8 Å². The fourth-order valence-electron chi connectivity index (χ4n) is 4.60. The minimum absolute atomic E-state index is 0.113. The summed E-state index contributed by atoms with van der Waals surface area (Å²) in [5.41, 5.74) is -0.0162. The van der Waals surface area contributed by atoms with Crippen molar-refractivity contribution in [2.75, 3.05) is 49.2 Å². The van der Waals surface area contributed by atoms with Crippen molar-refractivity contribution in [3.8, 4) is 0 Å². The van der Waals surface area contributed by atoms with Crippen LogP contribution in [-0.4, -0.2) is 94.3 Å². The first-order valence-electron chi connectivity index (χ1n) is 19.1. The van der Waals surface area contributed by atoms with Crippen LogP contribution in [0.15, 0.2) is 44.7 Å². The first-order valence-corrected chi connectivity index (χ1v) is 25.7. The molecule has 54 heavy (non-hydrogen) atoms. The molecule has 0 radical (unpaired) electrons. The van der Waals surface area contributed by atoms with E-state index in [1.807, 2.05) is 34.0 Å². The fraction of sp³-hybridized carbons (Fsp3) is 0.684. The average molecular weight is 850 g/mol. The van der Waals surface area contributed by atoms with Gasteiger partial charge in [-0.2, -0.15) is 0 Å². The molecule has 0 atom stereocenters. The van der Waals surface area contributed by atoms with E-state index in [9.17, 15) is 9.59 Å². The minimum Gasteiger partial charge on any atom is -0.413 e. The number of nitrogens with zero attached hydrogens (tertiary/aromatic N) is 4. The fourth-order valence-corrected chi connectivity index (χ4v) is 6.78. The van der Waals surface area contributed by atoms with E-state index in [0.717, 1.165) is 44.7 Å². The molecule has 0 bridgehead atoms. The van der Waals surface area contributed by atoms with E-state index < -0.39 is 16.6 Å². The monoisotopic (exact) mass is 848 g/mol. The number of halogens is 1. The maximum absolute atomic E-state index is 11.8. The van der Waals surface area contributed by atoms with E-state index >= 15 is 0 Å². The lowest BCUT2D eigenvalue weighted by Gasteiger charge is -2.35. The zero-order chi connectivity index (χ0) is 40.8. The van der Waals surface area contributed by atoms with Crippen molar-refractivity contribution in [3.05, 3.63) is 61.5 Å². The summed E-state index contributed by atoms with van der Waals surface area (Å²) < 4.78 is 24.7. The summed E-state index contributed by atoms with van der Waals surface area (Å²) in [5, 5.41) is 0.451. The van der Waals surface area contributed by atoms with Gasteiger partial charge in [0.2, 0.25) is 0 Å². The predicted octanol–water partition coefficient (Wildman–Crippen LogP) is 7.95. The van der Waals surface area contributed by atoms with E-state index in [2.05, 4.69) is 131 Å². The molecule has 2 N–H and O–H groups in total. The largest absolute Gasteiger partial charge is 0.486 e. The number of aromatic amines is 2. The van der Waals surface area contributed by atoms with Crippen LogP contribution in [0.3, 0.4) is 0 Å². The normalized spacial score (nSPS) is 18.5. The SMILES string of the molecule is CC(C)(C)[Si](C)(C)OC/C=C/c1c[nH]c(=O)c(N2CCC2)n1.CC1(C)OB(/C=C/CO[Si](C)(C)C(C)(C)C)OC1(C)C.O=c1[nH]cc(Br)nc1N1CCC1. The molecular weight excluding hydrogens is 783 g/mol. The second-order valence-electron chi connectivity index (χ2n) is 18.1. The highest BCUT2D eigenvalue weighted by atomic mass is 79.9. The molecule has 3 saturated heterocycles. The molecule has 0 spiro atoms. The quantitative estimate of drug-likeness (QED) is 0.227. The molecule has 0 amide bonds. The first kappa shape index (κ1) is 46.0. The molecule has 0 saturated carbocycles. The lowest BCUT2D eigenvalue weighted by molar-refractivity contribution is 0.00578. The van der Waals surface area contributed by atoms with E-state index in [1.165, 1.54) is 0 Å². The molecule has 0 aromatic carbocycles. The molecular formula is C38H66BBrN6O6Si2. The van der Waals surface area contributed by atoms with Crippen molar-refractivity contribution < 1.29 is 18.2 Å². The van der Waals surface area contributed by atoms with Gasteiger partial charge in [-0.15, -0.1) is 0 Å². The molecule has 0 unspecified atom stereocenters. The zero-order valence-electron chi connectivity index (χ0n) is 35.3. The van der Waals surface area contributed by atoms with Crippen LogP contribution in [0.2, 0.25) is 36.3 Å². The van der Waals surface area contributed by atoms with Crippen LogP contribution in [0.25, 0.3) is 6.08 Å². The van der Waals surface area contributed by atoms with Gasteiger partial charge in [-0.25, -0.2) is 9.97 Å². The predicted molar refractivity (Wildman–Crippen MR) is 232 cm³/mol. The summed E-state index contributed by atoms with van der Waals surface area (Å²) in [7, 11) is -3.66. The summed E-state index contributed by atoms with van der Waals surface area (Å²) >= 11 is 3.21. The Kier molecular flexibility index (Phi) is 15.6. The molecule has 2 aromatic rings. The molecule has 12 nitrogen and oxygen atoms in total. The number of nitrogens with one attached hydrogen (secondary N) is 2. The molecule has 5 rings (SSSR count). The maximum atomic E-state index is 11.8. The van der Waals surface area contributed by atoms with Gasteiger partial charge in [-0.3, -0.25) is 9.59 Å². The summed E-state index contributed by atoms with van der Waals surface area (Å²) in [6.07, 6.45) is 11.4. The highest BCUT2D eigenvalue weighted by molar-refractivity contribution is 9.10. The van der Waals surface area contributed by atoms with Crippen molar-refractivity contribution in [1.29, 1.82) is 0 Å². The molecule has 3 aliphatic rings. The van der Waals surface area contributed by atoms with Gasteiger partial charge in [0, 0.05) is 38.6 Å². The van der Waals surface area contributed by atoms with Crippen LogP contribution >= 0.6 is 15.9 Å². The van der Waals surface area contributed by atoms with Crippen LogP contribution in [0.4, 0.5) is 11.6 Å². The van der Waals surface area contributed by atoms with Gasteiger partial charge < -0.3 is 37.9 Å². The molecule has 302 valence electrons. The third kappa shape index (κ3) is 12.6. The van der Waals surface area contributed by atoms with Crippen molar-refractivity contribution in [3.63, 3.8) is 0 Å². The summed E-state index contributed by atoms with van der Waals surface area (Å²) in [5.74, 6) is 3.01. The topological polar surface area (TPSA) is 135 Å².